The van der Waals surface area contributed by atoms with Crippen LogP contribution in [0.25, 0.3) is 22.8 Å². The Kier molecular flexibility index (Phi) is 7.35. The topological polar surface area (TPSA) is 116 Å². The van der Waals surface area contributed by atoms with Crippen LogP contribution in [-0.4, -0.2) is 70.4 Å². The Hall–Kier alpha value is -3.46. The third-order valence-corrected chi connectivity index (χ3v) is 5.70. The molecule has 1 aromatic heterocycles. The van der Waals surface area contributed by atoms with Crippen LogP contribution in [0.15, 0.2) is 40.9 Å². The van der Waals surface area contributed by atoms with Gasteiger partial charge in [-0.15, -0.1) is 0 Å². The normalized spacial score (nSPS) is 15.2. The van der Waals surface area contributed by atoms with Crippen molar-refractivity contribution in [1.29, 1.82) is 5.26 Å². The highest BCUT2D eigenvalue weighted by Crippen LogP contribution is 2.29. The number of hydrogen-bond acceptors (Lipinski definition) is 8. The summed E-state index contributed by atoms with van der Waals surface area (Å²) in [5, 5.41) is 32.2. The number of aromatic nitrogens is 2. The molecule has 2 N–H and O–H groups in total. The number of hydrogen-bond donors (Lipinski definition) is 2. The molecule has 1 atom stereocenters. The summed E-state index contributed by atoms with van der Waals surface area (Å²) >= 11 is 0. The zero-order valence-electron chi connectivity index (χ0n) is 18.6. The number of β-amino-alcohol motifs (C(OH)–C–C–N with tert-alkyl or cyclic N) is 1. The maximum absolute atomic E-state index is 12.4. The summed E-state index contributed by atoms with van der Waals surface area (Å²) in [6.07, 6.45) is -3.71. The number of halogens is 3. The first kappa shape index (κ1) is 24.7. The third kappa shape index (κ3) is 6.16. The fraction of sp³-hybridized carbons (Fsp3) is 0.375. The van der Waals surface area contributed by atoms with Gasteiger partial charge in [0.1, 0.15) is 11.8 Å². The minimum Gasteiger partial charge on any atom is -0.483 e. The van der Waals surface area contributed by atoms with Gasteiger partial charge in [0.05, 0.1) is 18.3 Å². The van der Waals surface area contributed by atoms with E-state index in [-0.39, 0.29) is 23.8 Å². The lowest BCUT2D eigenvalue weighted by atomic mass is 10.00. The van der Waals surface area contributed by atoms with Gasteiger partial charge in [-0.1, -0.05) is 17.3 Å². The molecule has 0 saturated heterocycles. The van der Waals surface area contributed by atoms with Crippen molar-refractivity contribution < 1.29 is 32.6 Å². The van der Waals surface area contributed by atoms with Crippen LogP contribution in [0.5, 0.6) is 5.75 Å². The molecule has 4 rings (SSSR count). The van der Waals surface area contributed by atoms with E-state index in [9.17, 15) is 23.5 Å². The largest absolute Gasteiger partial charge is 0.483 e. The van der Waals surface area contributed by atoms with Gasteiger partial charge in [0.2, 0.25) is 5.82 Å². The Labute approximate surface area is 199 Å². The molecule has 1 unspecified atom stereocenters. The second-order valence-corrected chi connectivity index (χ2v) is 8.27. The van der Waals surface area contributed by atoms with E-state index in [1.807, 2.05) is 24.3 Å². The van der Waals surface area contributed by atoms with Crippen molar-refractivity contribution >= 4 is 0 Å². The lowest BCUT2D eigenvalue weighted by Gasteiger charge is -2.21. The lowest BCUT2D eigenvalue weighted by Crippen LogP contribution is -2.35. The number of rotatable bonds is 7. The molecule has 2 heterocycles. The highest BCUT2D eigenvalue weighted by molar-refractivity contribution is 5.64. The van der Waals surface area contributed by atoms with Crippen molar-refractivity contribution in [3.8, 4) is 34.7 Å². The van der Waals surface area contributed by atoms with Crippen molar-refractivity contribution in [3.05, 3.63) is 53.1 Å². The Morgan fingerprint density at radius 2 is 1.86 bits per heavy atom. The summed E-state index contributed by atoms with van der Waals surface area (Å²) in [5.41, 5.74) is 3.37. The van der Waals surface area contributed by atoms with Crippen molar-refractivity contribution in [3.63, 3.8) is 0 Å². The Balaban J connectivity index is 1.50. The number of aliphatic hydroxyl groups is 2. The summed E-state index contributed by atoms with van der Waals surface area (Å²) in [6, 6.07) is 11.8. The van der Waals surface area contributed by atoms with E-state index in [0.29, 0.717) is 17.9 Å². The van der Waals surface area contributed by atoms with E-state index in [1.165, 1.54) is 23.8 Å². The summed E-state index contributed by atoms with van der Waals surface area (Å²) in [7, 11) is 0. The van der Waals surface area contributed by atoms with Crippen LogP contribution in [0, 0.1) is 11.3 Å². The molecule has 184 valence electrons. The summed E-state index contributed by atoms with van der Waals surface area (Å²) in [6.45, 7) is 0.164. The van der Waals surface area contributed by atoms with E-state index in [1.54, 1.807) is 0 Å². The van der Waals surface area contributed by atoms with Crippen LogP contribution in [0.2, 0.25) is 0 Å². The molecule has 11 heteroatoms. The minimum absolute atomic E-state index is 0.0765. The van der Waals surface area contributed by atoms with Gasteiger partial charge in [0.25, 0.3) is 5.89 Å². The molecule has 8 nitrogen and oxygen atoms in total. The van der Waals surface area contributed by atoms with Gasteiger partial charge in [-0.3, -0.25) is 0 Å². The zero-order chi connectivity index (χ0) is 25.0. The molecule has 0 radical (unpaired) electrons. The van der Waals surface area contributed by atoms with Gasteiger partial charge < -0.3 is 24.4 Å². The smallest absolute Gasteiger partial charge is 0.422 e. The van der Waals surface area contributed by atoms with Crippen molar-refractivity contribution in [1.82, 2.24) is 15.0 Å². The van der Waals surface area contributed by atoms with Crippen molar-refractivity contribution in [2.75, 3.05) is 32.8 Å². The second kappa shape index (κ2) is 10.4. The Morgan fingerprint density at radius 1 is 1.11 bits per heavy atom. The van der Waals surface area contributed by atoms with Crippen molar-refractivity contribution in [2.45, 2.75) is 25.1 Å². The van der Waals surface area contributed by atoms with Crippen LogP contribution in [0.1, 0.15) is 16.7 Å². The summed E-state index contributed by atoms with van der Waals surface area (Å²) < 4.78 is 47.4. The first-order valence-corrected chi connectivity index (χ1v) is 11.0. The van der Waals surface area contributed by atoms with Crippen LogP contribution >= 0.6 is 0 Å². The number of nitriles is 1. The van der Waals surface area contributed by atoms with Gasteiger partial charge in [-0.2, -0.15) is 23.4 Å². The third-order valence-electron chi connectivity index (χ3n) is 5.70. The van der Waals surface area contributed by atoms with Gasteiger partial charge in [-0.25, -0.2) is 0 Å². The number of nitrogens with zero attached hydrogens (tertiary/aromatic N) is 4. The van der Waals surface area contributed by atoms with Crippen LogP contribution in [0.4, 0.5) is 13.2 Å². The van der Waals surface area contributed by atoms with Crippen LogP contribution in [-0.2, 0) is 12.8 Å². The second-order valence-electron chi connectivity index (χ2n) is 8.27. The van der Waals surface area contributed by atoms with Crippen molar-refractivity contribution in [2.24, 2.45) is 0 Å². The minimum atomic E-state index is -4.51. The number of fused-ring (bicyclic) bond motifs is 1. The van der Waals surface area contributed by atoms with E-state index in [2.05, 4.69) is 15.0 Å². The molecular formula is C24H23F3N4O4. The predicted molar refractivity (Wildman–Crippen MR) is 118 cm³/mol. The van der Waals surface area contributed by atoms with Crippen LogP contribution in [0.3, 0.4) is 0 Å². The van der Waals surface area contributed by atoms with E-state index >= 15 is 0 Å². The fourth-order valence-electron chi connectivity index (χ4n) is 3.94. The molecule has 2 aromatic carbocycles. The summed E-state index contributed by atoms with van der Waals surface area (Å²) in [4.78, 5) is 6.51. The summed E-state index contributed by atoms with van der Waals surface area (Å²) in [5.74, 6) is 0.285. The number of ether oxygens (including phenoxy) is 1. The molecule has 0 spiro atoms. The predicted octanol–water partition coefficient (Wildman–Crippen LogP) is 2.97. The average Bonchev–Trinajstić information content (AvgIpc) is 3.25. The monoisotopic (exact) mass is 488 g/mol. The first-order valence-electron chi connectivity index (χ1n) is 11.0. The fourth-order valence-corrected chi connectivity index (χ4v) is 3.94. The van der Waals surface area contributed by atoms with Crippen LogP contribution < -0.4 is 4.74 Å². The van der Waals surface area contributed by atoms with Gasteiger partial charge in [0, 0.05) is 30.8 Å². The molecule has 1 aliphatic heterocycles. The highest BCUT2D eigenvalue weighted by atomic mass is 19.4. The number of alkyl halides is 3. The quantitative estimate of drug-likeness (QED) is 0.522. The highest BCUT2D eigenvalue weighted by Gasteiger charge is 2.29. The number of benzene rings is 2. The Morgan fingerprint density at radius 3 is 2.57 bits per heavy atom. The molecular weight excluding hydrogens is 465 g/mol. The molecule has 0 fully saturated rings. The Bertz CT molecular complexity index is 1220. The standard InChI is InChI=1S/C24H23F3N4O4/c25-24(26,27)14-34-21-4-3-18(10-19(21)11-28)23-29-22(30-35-23)17-2-1-15-5-7-31(12-20(33)13-32)8-6-16(15)9-17/h1-4,9-10,20,32-33H,5-8,12-14H2. The zero-order valence-corrected chi connectivity index (χ0v) is 18.6. The SMILES string of the molecule is N#Cc1cc(-c2nc(-c3ccc4c(c3)CCN(CC(O)CO)CC4)no2)ccc1OCC(F)(F)F. The molecule has 0 bridgehead atoms. The van der Waals surface area contributed by atoms with E-state index in [0.717, 1.165) is 37.1 Å². The van der Waals surface area contributed by atoms with Gasteiger partial charge in [0.15, 0.2) is 6.61 Å². The molecule has 3 aromatic rings. The van der Waals surface area contributed by atoms with E-state index in [4.69, 9.17) is 14.4 Å². The average molecular weight is 488 g/mol. The lowest BCUT2D eigenvalue weighted by molar-refractivity contribution is -0.153. The first-order chi connectivity index (χ1) is 16.8. The maximum Gasteiger partial charge on any atom is 0.422 e. The van der Waals surface area contributed by atoms with E-state index < -0.39 is 18.9 Å². The van der Waals surface area contributed by atoms with Gasteiger partial charge >= 0.3 is 6.18 Å². The molecule has 0 aliphatic carbocycles. The maximum atomic E-state index is 12.4. The van der Waals surface area contributed by atoms with Gasteiger partial charge in [-0.05, 0) is 48.2 Å². The molecule has 1 aliphatic rings. The molecule has 35 heavy (non-hydrogen) atoms. The molecule has 0 saturated carbocycles. The molecule has 0 amide bonds. The number of aliphatic hydroxyl groups excluding tert-OH is 2.